The predicted octanol–water partition coefficient (Wildman–Crippen LogP) is 5.82. The van der Waals surface area contributed by atoms with E-state index in [-0.39, 0.29) is 11.7 Å². The number of rotatable bonds is 4. The molecule has 2 aromatic rings. The maximum atomic E-state index is 13.1. The molecule has 1 amide bonds. The van der Waals surface area contributed by atoms with Crippen molar-refractivity contribution in [1.29, 1.82) is 0 Å². The fourth-order valence-electron chi connectivity index (χ4n) is 3.12. The Morgan fingerprint density at radius 1 is 1.23 bits per heavy atom. The van der Waals surface area contributed by atoms with Crippen molar-refractivity contribution in [2.75, 3.05) is 5.32 Å². The normalized spacial score (nSPS) is 18.5. The highest BCUT2D eigenvalue weighted by Gasteiger charge is 2.22. The molecule has 0 bridgehead atoms. The molecule has 6 heteroatoms. The second-order valence-corrected chi connectivity index (χ2v) is 6.81. The van der Waals surface area contributed by atoms with Crippen molar-refractivity contribution in [2.45, 2.75) is 32.1 Å². The van der Waals surface area contributed by atoms with Crippen LogP contribution < -0.4 is 5.32 Å². The summed E-state index contributed by atoms with van der Waals surface area (Å²) >= 11 is 5.89. The van der Waals surface area contributed by atoms with Gasteiger partial charge < -0.3 is 0 Å². The van der Waals surface area contributed by atoms with Crippen LogP contribution in [0.2, 0.25) is 5.02 Å². The Labute approximate surface area is 157 Å². The first-order valence-corrected chi connectivity index (χ1v) is 9.03. The van der Waals surface area contributed by atoms with E-state index in [4.69, 9.17) is 16.4 Å². The molecule has 0 radical (unpaired) electrons. The standard InChI is InChI=1S/C20H20ClFN2O2/c21-16-5-3-6-18(13-16)23-20(25)26-24-19-7-2-1-4-15(19)12-14-8-10-17(22)11-9-14/h3,5-6,8-11,13,15H,1-2,4,7,12H2,(H,23,25)/b24-19+. The lowest BCUT2D eigenvalue weighted by Crippen LogP contribution is -2.23. The summed E-state index contributed by atoms with van der Waals surface area (Å²) in [5, 5.41) is 7.22. The number of nitrogens with zero attached hydrogens (tertiary/aromatic N) is 1. The Hall–Kier alpha value is -2.40. The van der Waals surface area contributed by atoms with E-state index in [2.05, 4.69) is 10.5 Å². The Balaban J connectivity index is 1.61. The second kappa shape index (κ2) is 8.81. The third-order valence-electron chi connectivity index (χ3n) is 4.42. The van der Waals surface area contributed by atoms with E-state index in [0.29, 0.717) is 10.7 Å². The maximum Gasteiger partial charge on any atom is 0.437 e. The molecule has 1 unspecified atom stereocenters. The number of carbonyl (C=O) groups excluding carboxylic acids is 1. The monoisotopic (exact) mass is 374 g/mol. The molecule has 0 aliphatic heterocycles. The van der Waals surface area contributed by atoms with E-state index in [1.165, 1.54) is 12.1 Å². The minimum atomic E-state index is -0.647. The number of oxime groups is 1. The van der Waals surface area contributed by atoms with Crippen LogP contribution in [0.4, 0.5) is 14.9 Å². The third-order valence-corrected chi connectivity index (χ3v) is 4.65. The number of nitrogens with one attached hydrogen (secondary N) is 1. The Morgan fingerprint density at radius 2 is 2.04 bits per heavy atom. The molecule has 0 aromatic heterocycles. The second-order valence-electron chi connectivity index (χ2n) is 6.37. The van der Waals surface area contributed by atoms with Gasteiger partial charge in [-0.05, 0) is 61.6 Å². The average molecular weight is 375 g/mol. The van der Waals surface area contributed by atoms with Gasteiger partial charge in [0.25, 0.3) is 0 Å². The van der Waals surface area contributed by atoms with Crippen LogP contribution in [0.25, 0.3) is 0 Å². The summed E-state index contributed by atoms with van der Waals surface area (Å²) in [5.74, 6) is -0.0412. The largest absolute Gasteiger partial charge is 0.437 e. The van der Waals surface area contributed by atoms with Crippen LogP contribution in [0, 0.1) is 11.7 Å². The summed E-state index contributed by atoms with van der Waals surface area (Å²) in [5.41, 5.74) is 2.48. The average Bonchev–Trinajstić information content (AvgIpc) is 2.63. The van der Waals surface area contributed by atoms with E-state index in [1.54, 1.807) is 36.4 Å². The Bertz CT molecular complexity index is 793. The van der Waals surface area contributed by atoms with Crippen molar-refractivity contribution in [1.82, 2.24) is 0 Å². The molecule has 1 atom stereocenters. The molecule has 4 nitrogen and oxygen atoms in total. The number of carbonyl (C=O) groups is 1. The van der Waals surface area contributed by atoms with Gasteiger partial charge in [0.1, 0.15) is 5.82 Å². The molecular weight excluding hydrogens is 355 g/mol. The lowest BCUT2D eigenvalue weighted by atomic mass is 9.83. The third kappa shape index (κ3) is 5.30. The molecule has 1 fully saturated rings. The van der Waals surface area contributed by atoms with Crippen molar-refractivity contribution < 1.29 is 14.0 Å². The molecule has 136 valence electrons. The van der Waals surface area contributed by atoms with Crippen LogP contribution in [0.1, 0.15) is 31.2 Å². The highest BCUT2D eigenvalue weighted by molar-refractivity contribution is 6.30. The van der Waals surface area contributed by atoms with Crippen LogP contribution in [0.15, 0.2) is 53.7 Å². The van der Waals surface area contributed by atoms with Gasteiger partial charge in [-0.2, -0.15) is 0 Å². The molecule has 1 N–H and O–H groups in total. The lowest BCUT2D eigenvalue weighted by molar-refractivity contribution is 0.165. The molecule has 3 rings (SSSR count). The van der Waals surface area contributed by atoms with Gasteiger partial charge in [-0.25, -0.2) is 9.18 Å². The van der Waals surface area contributed by atoms with Gasteiger partial charge in [0, 0.05) is 16.6 Å². The number of hydrogen-bond acceptors (Lipinski definition) is 3. The maximum absolute atomic E-state index is 13.1. The van der Waals surface area contributed by atoms with Crippen LogP contribution >= 0.6 is 11.6 Å². The van der Waals surface area contributed by atoms with Crippen LogP contribution in [-0.4, -0.2) is 11.8 Å². The molecular formula is C20H20ClFN2O2. The molecule has 2 aromatic carbocycles. The number of anilines is 1. The summed E-state index contributed by atoms with van der Waals surface area (Å²) in [4.78, 5) is 17.0. The van der Waals surface area contributed by atoms with Crippen LogP contribution in [-0.2, 0) is 11.3 Å². The SMILES string of the molecule is O=C(Nc1cccc(Cl)c1)O/N=C1\CCCCC1Cc1ccc(F)cc1. The molecule has 0 spiro atoms. The zero-order valence-corrected chi connectivity index (χ0v) is 15.0. The smallest absolute Gasteiger partial charge is 0.298 e. The molecule has 1 saturated carbocycles. The van der Waals surface area contributed by atoms with E-state index in [9.17, 15) is 9.18 Å². The van der Waals surface area contributed by atoms with Gasteiger partial charge >= 0.3 is 6.09 Å². The molecule has 0 heterocycles. The number of benzene rings is 2. The van der Waals surface area contributed by atoms with E-state index >= 15 is 0 Å². The minimum absolute atomic E-state index is 0.202. The summed E-state index contributed by atoms with van der Waals surface area (Å²) in [6.07, 6.45) is 4.03. The number of amides is 1. The molecule has 1 aliphatic carbocycles. The van der Waals surface area contributed by atoms with Crippen LogP contribution in [0.3, 0.4) is 0 Å². The minimum Gasteiger partial charge on any atom is -0.298 e. The van der Waals surface area contributed by atoms with Gasteiger partial charge in [0.2, 0.25) is 0 Å². The van der Waals surface area contributed by atoms with Crippen molar-refractivity contribution in [3.8, 4) is 0 Å². The topological polar surface area (TPSA) is 50.7 Å². The first kappa shape index (κ1) is 18.4. The van der Waals surface area contributed by atoms with Gasteiger partial charge in [-0.1, -0.05) is 41.4 Å². The zero-order chi connectivity index (χ0) is 18.4. The number of hydrogen-bond donors (Lipinski definition) is 1. The fourth-order valence-corrected chi connectivity index (χ4v) is 3.31. The van der Waals surface area contributed by atoms with E-state index in [1.807, 2.05) is 0 Å². The van der Waals surface area contributed by atoms with Gasteiger partial charge in [-0.15, -0.1) is 0 Å². The van der Waals surface area contributed by atoms with Crippen molar-refractivity contribution >= 4 is 29.1 Å². The van der Waals surface area contributed by atoms with Crippen molar-refractivity contribution in [3.63, 3.8) is 0 Å². The predicted molar refractivity (Wildman–Crippen MR) is 101 cm³/mol. The molecule has 1 aliphatic rings. The zero-order valence-electron chi connectivity index (χ0n) is 14.3. The highest BCUT2D eigenvalue weighted by Crippen LogP contribution is 2.26. The summed E-state index contributed by atoms with van der Waals surface area (Å²) in [7, 11) is 0. The van der Waals surface area contributed by atoms with Gasteiger partial charge in [0.05, 0.1) is 5.71 Å². The Kier molecular flexibility index (Phi) is 6.23. The summed E-state index contributed by atoms with van der Waals surface area (Å²) in [6, 6.07) is 13.3. The quantitative estimate of drug-likeness (QED) is 0.541. The number of halogens is 2. The lowest BCUT2D eigenvalue weighted by Gasteiger charge is -2.23. The Morgan fingerprint density at radius 3 is 2.81 bits per heavy atom. The van der Waals surface area contributed by atoms with E-state index < -0.39 is 6.09 Å². The van der Waals surface area contributed by atoms with Crippen LogP contribution in [0.5, 0.6) is 0 Å². The fraction of sp³-hybridized carbons (Fsp3) is 0.300. The first-order valence-electron chi connectivity index (χ1n) is 8.65. The first-order chi connectivity index (χ1) is 12.6. The highest BCUT2D eigenvalue weighted by atomic mass is 35.5. The van der Waals surface area contributed by atoms with Crippen molar-refractivity contribution in [3.05, 3.63) is 64.9 Å². The summed E-state index contributed by atoms with van der Waals surface area (Å²) in [6.45, 7) is 0. The van der Waals surface area contributed by atoms with Crippen molar-refractivity contribution in [2.24, 2.45) is 11.1 Å². The summed E-state index contributed by atoms with van der Waals surface area (Å²) < 4.78 is 13.1. The molecule has 26 heavy (non-hydrogen) atoms. The van der Waals surface area contributed by atoms with E-state index in [0.717, 1.165) is 43.4 Å². The van der Waals surface area contributed by atoms with Gasteiger partial charge in [-0.3, -0.25) is 10.2 Å². The van der Waals surface area contributed by atoms with Gasteiger partial charge in [0.15, 0.2) is 0 Å². The molecule has 0 saturated heterocycles.